The first-order chi connectivity index (χ1) is 11.2. The lowest BCUT2D eigenvalue weighted by molar-refractivity contribution is 0.452. The molecule has 1 heterocycles. The van der Waals surface area contributed by atoms with Gasteiger partial charge in [-0.1, -0.05) is 42.5 Å². The molecule has 116 valence electrons. The van der Waals surface area contributed by atoms with Crippen LogP contribution in [0.5, 0.6) is 5.88 Å². The summed E-state index contributed by atoms with van der Waals surface area (Å²) in [5.74, 6) is -0.173. The molecule has 23 heavy (non-hydrogen) atoms. The largest absolute Gasteiger partial charge is 0.494 e. The molecule has 0 saturated heterocycles. The van der Waals surface area contributed by atoms with Crippen molar-refractivity contribution in [3.63, 3.8) is 0 Å². The Labute approximate surface area is 133 Å². The molecule has 2 aromatic carbocycles. The van der Waals surface area contributed by atoms with Crippen molar-refractivity contribution in [3.05, 3.63) is 75.6 Å². The van der Waals surface area contributed by atoms with E-state index < -0.39 is 0 Å². The van der Waals surface area contributed by atoms with Crippen LogP contribution in [0.3, 0.4) is 0 Å². The van der Waals surface area contributed by atoms with Gasteiger partial charge in [-0.3, -0.25) is 14.8 Å². The highest BCUT2D eigenvalue weighted by molar-refractivity contribution is 6.01. The van der Waals surface area contributed by atoms with E-state index in [1.54, 1.807) is 24.4 Å². The van der Waals surface area contributed by atoms with Gasteiger partial charge in [-0.05, 0) is 17.2 Å². The fraction of sp³-hybridized carbons (Fsp3) is 0.111. The fourth-order valence-corrected chi connectivity index (χ4v) is 2.51. The van der Waals surface area contributed by atoms with Gasteiger partial charge >= 0.3 is 0 Å². The van der Waals surface area contributed by atoms with Crippen LogP contribution in [0.2, 0.25) is 0 Å². The number of nitrogens with one attached hydrogen (secondary N) is 1. The number of nitrogens with two attached hydrogens (primary N) is 1. The van der Waals surface area contributed by atoms with Crippen molar-refractivity contribution in [1.29, 1.82) is 0 Å². The third-order valence-electron chi connectivity index (χ3n) is 3.67. The van der Waals surface area contributed by atoms with E-state index in [-0.39, 0.29) is 11.4 Å². The highest BCUT2D eigenvalue weighted by Gasteiger charge is 2.08. The van der Waals surface area contributed by atoms with Crippen LogP contribution in [-0.2, 0) is 13.1 Å². The van der Waals surface area contributed by atoms with Gasteiger partial charge in [-0.15, -0.1) is 0 Å². The summed E-state index contributed by atoms with van der Waals surface area (Å²) in [5, 5.41) is 11.2. The second-order valence-electron chi connectivity index (χ2n) is 5.26. The Bertz CT molecular complexity index is 929. The van der Waals surface area contributed by atoms with E-state index in [9.17, 15) is 9.90 Å². The molecule has 3 rings (SSSR count). The van der Waals surface area contributed by atoms with Crippen molar-refractivity contribution in [2.45, 2.75) is 13.1 Å². The number of aliphatic imine (C=N–C) groups is 1. The summed E-state index contributed by atoms with van der Waals surface area (Å²) < 4.78 is 0. The molecule has 3 aromatic rings. The van der Waals surface area contributed by atoms with E-state index >= 15 is 0 Å². The van der Waals surface area contributed by atoms with Gasteiger partial charge in [0.05, 0.1) is 12.1 Å². The molecule has 0 aliphatic rings. The summed E-state index contributed by atoms with van der Waals surface area (Å²) in [6, 6.07) is 15.0. The molecule has 1 aromatic heterocycles. The number of benzene rings is 2. The molecule has 0 fully saturated rings. The lowest BCUT2D eigenvalue weighted by Gasteiger charge is -2.04. The molecule has 5 nitrogen and oxygen atoms in total. The second kappa shape index (κ2) is 6.46. The Kier molecular flexibility index (Phi) is 4.21. The van der Waals surface area contributed by atoms with Gasteiger partial charge < -0.3 is 10.8 Å². The summed E-state index contributed by atoms with van der Waals surface area (Å²) in [5.41, 5.74) is 7.92. The standard InChI is InChI=1S/C18H17N3O2/c19-9-12-4-3-5-13(8-12)10-20-11-16-14-6-1-2-7-15(14)17(22)21-18(16)23/h1-8,11H,9-10,19H2,(H2,21,22,23). The third kappa shape index (κ3) is 3.14. The maximum atomic E-state index is 11.8. The van der Waals surface area contributed by atoms with Crippen LogP contribution >= 0.6 is 0 Å². The zero-order valence-corrected chi connectivity index (χ0v) is 12.5. The van der Waals surface area contributed by atoms with Crippen molar-refractivity contribution in [3.8, 4) is 5.88 Å². The second-order valence-corrected chi connectivity index (χ2v) is 5.26. The van der Waals surface area contributed by atoms with Gasteiger partial charge in [0, 0.05) is 23.5 Å². The van der Waals surface area contributed by atoms with E-state index in [0.717, 1.165) is 11.1 Å². The number of pyridine rings is 1. The van der Waals surface area contributed by atoms with Crippen LogP contribution in [0, 0.1) is 0 Å². The van der Waals surface area contributed by atoms with Crippen molar-refractivity contribution in [2.75, 3.05) is 0 Å². The Balaban J connectivity index is 1.93. The van der Waals surface area contributed by atoms with Crippen LogP contribution in [0.4, 0.5) is 0 Å². The molecule has 0 saturated carbocycles. The Morgan fingerprint density at radius 1 is 1.09 bits per heavy atom. The van der Waals surface area contributed by atoms with Gasteiger partial charge in [-0.2, -0.15) is 0 Å². The van der Waals surface area contributed by atoms with Crippen LogP contribution in [0.1, 0.15) is 16.7 Å². The first-order valence-electron chi connectivity index (χ1n) is 7.30. The summed E-state index contributed by atoms with van der Waals surface area (Å²) in [6.07, 6.45) is 1.59. The van der Waals surface area contributed by atoms with E-state index in [1.807, 2.05) is 30.3 Å². The highest BCUT2D eigenvalue weighted by atomic mass is 16.3. The number of H-pyrrole nitrogens is 1. The summed E-state index contributed by atoms with van der Waals surface area (Å²) in [4.78, 5) is 18.7. The van der Waals surface area contributed by atoms with Gasteiger partial charge in [0.2, 0.25) is 5.88 Å². The molecular formula is C18H17N3O2. The van der Waals surface area contributed by atoms with Crippen molar-refractivity contribution in [1.82, 2.24) is 4.98 Å². The Hall–Kier alpha value is -2.92. The molecule has 0 atom stereocenters. The molecule has 0 radical (unpaired) electrons. The molecule has 0 unspecified atom stereocenters. The zero-order chi connectivity index (χ0) is 16.2. The molecule has 4 N–H and O–H groups in total. The van der Waals surface area contributed by atoms with Gasteiger partial charge in [0.1, 0.15) is 0 Å². The number of fused-ring (bicyclic) bond motifs is 1. The van der Waals surface area contributed by atoms with Gasteiger partial charge in [0.15, 0.2) is 0 Å². The van der Waals surface area contributed by atoms with Crippen LogP contribution < -0.4 is 11.3 Å². The minimum absolute atomic E-state index is 0.173. The predicted octanol–water partition coefficient (Wildman–Crippen LogP) is 2.31. The van der Waals surface area contributed by atoms with Gasteiger partial charge in [-0.25, -0.2) is 0 Å². The van der Waals surface area contributed by atoms with Crippen LogP contribution in [-0.4, -0.2) is 16.3 Å². The number of nitrogens with zero attached hydrogens (tertiary/aromatic N) is 1. The summed E-state index contributed by atoms with van der Waals surface area (Å²) in [6.45, 7) is 0.962. The SMILES string of the molecule is NCc1cccc(CN=Cc2c(O)[nH]c(=O)c3ccccc23)c1. The first-order valence-corrected chi connectivity index (χ1v) is 7.30. The van der Waals surface area contributed by atoms with E-state index in [4.69, 9.17) is 5.73 Å². The molecule has 0 bridgehead atoms. The van der Waals surface area contributed by atoms with Crippen LogP contribution in [0.25, 0.3) is 10.8 Å². The molecule has 0 aliphatic heterocycles. The molecule has 0 aliphatic carbocycles. The number of rotatable bonds is 4. The number of hydrogen-bond donors (Lipinski definition) is 3. The normalized spacial score (nSPS) is 11.3. The monoisotopic (exact) mass is 307 g/mol. The van der Waals surface area contributed by atoms with Crippen LogP contribution in [0.15, 0.2) is 58.3 Å². The van der Waals surface area contributed by atoms with E-state index in [2.05, 4.69) is 9.98 Å². The minimum atomic E-state index is -0.314. The number of hydrogen-bond acceptors (Lipinski definition) is 4. The fourth-order valence-electron chi connectivity index (χ4n) is 2.51. The quantitative estimate of drug-likeness (QED) is 0.646. The first kappa shape index (κ1) is 15.0. The number of aromatic amines is 1. The average molecular weight is 307 g/mol. The van der Waals surface area contributed by atoms with E-state index in [0.29, 0.717) is 29.4 Å². The third-order valence-corrected chi connectivity index (χ3v) is 3.67. The Morgan fingerprint density at radius 2 is 1.83 bits per heavy atom. The maximum absolute atomic E-state index is 11.8. The van der Waals surface area contributed by atoms with Crippen molar-refractivity contribution in [2.24, 2.45) is 10.7 Å². The topological polar surface area (TPSA) is 91.5 Å². The van der Waals surface area contributed by atoms with Crippen molar-refractivity contribution < 1.29 is 5.11 Å². The molecule has 5 heteroatoms. The molecule has 0 spiro atoms. The zero-order valence-electron chi connectivity index (χ0n) is 12.5. The predicted molar refractivity (Wildman–Crippen MR) is 91.9 cm³/mol. The maximum Gasteiger partial charge on any atom is 0.258 e. The highest BCUT2D eigenvalue weighted by Crippen LogP contribution is 2.20. The van der Waals surface area contributed by atoms with Crippen molar-refractivity contribution >= 4 is 17.0 Å². The summed E-state index contributed by atoms with van der Waals surface area (Å²) in [7, 11) is 0. The van der Waals surface area contributed by atoms with E-state index in [1.165, 1.54) is 0 Å². The minimum Gasteiger partial charge on any atom is -0.494 e. The average Bonchev–Trinajstić information content (AvgIpc) is 2.58. The lowest BCUT2D eigenvalue weighted by Crippen LogP contribution is -2.07. The lowest BCUT2D eigenvalue weighted by atomic mass is 10.1. The molecular weight excluding hydrogens is 290 g/mol. The molecule has 0 amide bonds. The number of aromatic hydroxyl groups is 1. The Morgan fingerprint density at radius 3 is 2.61 bits per heavy atom. The number of aromatic nitrogens is 1. The summed E-state index contributed by atoms with van der Waals surface area (Å²) >= 11 is 0. The smallest absolute Gasteiger partial charge is 0.258 e. The van der Waals surface area contributed by atoms with Gasteiger partial charge in [0.25, 0.3) is 5.56 Å².